The van der Waals surface area contributed by atoms with Gasteiger partial charge in [0.1, 0.15) is 0 Å². The van der Waals surface area contributed by atoms with E-state index in [0.29, 0.717) is 0 Å². The normalized spacial score (nSPS) is 11.1. The lowest BCUT2D eigenvalue weighted by Gasteiger charge is -2.01. The predicted octanol–water partition coefficient (Wildman–Crippen LogP) is 3.43. The van der Waals surface area contributed by atoms with E-state index < -0.39 is 5.91 Å². The molecule has 0 aliphatic heterocycles. The Kier molecular flexibility index (Phi) is 4.87. The van der Waals surface area contributed by atoms with Gasteiger partial charge in [0.15, 0.2) is 0 Å². The number of benzene rings is 2. The molecule has 3 nitrogen and oxygen atoms in total. The Labute approximate surface area is 117 Å². The minimum absolute atomic E-state index is 0.547. The largest absolute Gasteiger partial charge is 0.288 e. The van der Waals surface area contributed by atoms with Crippen LogP contribution >= 0.6 is 0 Å². The fraction of sp³-hybridized carbons (Fsp3) is 0. The van der Waals surface area contributed by atoms with Gasteiger partial charge in [-0.15, -0.1) is 0 Å². The highest BCUT2D eigenvalue weighted by Crippen LogP contribution is 2.19. The molecule has 2 aromatic carbocycles. The summed E-state index contributed by atoms with van der Waals surface area (Å²) in [6.07, 6.45) is 6.44. The summed E-state index contributed by atoms with van der Waals surface area (Å²) in [5, 5.41) is 8.32. The van der Waals surface area contributed by atoms with Crippen molar-refractivity contribution in [2.45, 2.75) is 0 Å². The molecule has 0 aliphatic carbocycles. The fourth-order valence-electron chi connectivity index (χ4n) is 1.76. The van der Waals surface area contributed by atoms with Crippen LogP contribution < -0.4 is 5.48 Å². The van der Waals surface area contributed by atoms with Crippen molar-refractivity contribution in [2.75, 3.05) is 0 Å². The molecule has 0 atom stereocenters. The third-order valence-electron chi connectivity index (χ3n) is 2.78. The van der Waals surface area contributed by atoms with Crippen LogP contribution in [0.1, 0.15) is 5.56 Å². The van der Waals surface area contributed by atoms with Crippen LogP contribution in [0.25, 0.3) is 17.2 Å². The molecule has 0 radical (unpaired) electrons. The summed E-state index contributed by atoms with van der Waals surface area (Å²) in [5.74, 6) is -0.547. The number of carbonyl (C=O) groups excluding carboxylic acids is 1. The topological polar surface area (TPSA) is 49.3 Å². The fourth-order valence-corrected chi connectivity index (χ4v) is 1.76. The van der Waals surface area contributed by atoms with Gasteiger partial charge in [-0.05, 0) is 16.7 Å². The van der Waals surface area contributed by atoms with Gasteiger partial charge in [0.05, 0.1) is 0 Å². The number of rotatable bonds is 4. The van der Waals surface area contributed by atoms with E-state index >= 15 is 0 Å². The molecule has 2 aromatic rings. The van der Waals surface area contributed by atoms with E-state index in [9.17, 15) is 4.79 Å². The average molecular weight is 265 g/mol. The molecule has 2 N–H and O–H groups in total. The number of allylic oxidation sites excluding steroid dienone is 2. The molecule has 3 heteroatoms. The summed E-state index contributed by atoms with van der Waals surface area (Å²) >= 11 is 0. The van der Waals surface area contributed by atoms with Crippen LogP contribution in [0.3, 0.4) is 0 Å². The summed E-state index contributed by atoms with van der Waals surface area (Å²) in [5.41, 5.74) is 4.92. The lowest BCUT2D eigenvalue weighted by molar-refractivity contribution is -0.124. The Morgan fingerprint density at radius 1 is 0.900 bits per heavy atom. The minimum Gasteiger partial charge on any atom is -0.288 e. The van der Waals surface area contributed by atoms with Crippen molar-refractivity contribution < 1.29 is 10.0 Å². The van der Waals surface area contributed by atoms with Crippen LogP contribution in [0.15, 0.2) is 72.8 Å². The average Bonchev–Trinajstić information content (AvgIpc) is 2.52. The molecule has 0 fully saturated rings. The van der Waals surface area contributed by atoms with Crippen LogP contribution in [0.2, 0.25) is 0 Å². The zero-order valence-electron chi connectivity index (χ0n) is 10.9. The van der Waals surface area contributed by atoms with Crippen LogP contribution in [-0.4, -0.2) is 11.1 Å². The maximum Gasteiger partial charge on any atom is 0.267 e. The first-order chi connectivity index (χ1) is 9.79. The van der Waals surface area contributed by atoms with Gasteiger partial charge in [-0.25, -0.2) is 5.48 Å². The van der Waals surface area contributed by atoms with E-state index in [1.165, 1.54) is 17.1 Å². The number of nitrogens with one attached hydrogen (secondary N) is 1. The summed E-state index contributed by atoms with van der Waals surface area (Å²) in [6, 6.07) is 18.3. The molecule has 0 bridgehead atoms. The van der Waals surface area contributed by atoms with Crippen LogP contribution in [-0.2, 0) is 4.79 Å². The number of hydrogen-bond acceptors (Lipinski definition) is 2. The van der Waals surface area contributed by atoms with Crippen molar-refractivity contribution in [2.24, 2.45) is 0 Å². The first kappa shape index (κ1) is 13.8. The minimum atomic E-state index is -0.547. The summed E-state index contributed by atoms with van der Waals surface area (Å²) in [4.78, 5) is 10.7. The van der Waals surface area contributed by atoms with Crippen molar-refractivity contribution >= 4 is 12.0 Å². The number of hydrogen-bond donors (Lipinski definition) is 2. The molecule has 0 aromatic heterocycles. The highest BCUT2D eigenvalue weighted by molar-refractivity contribution is 5.86. The van der Waals surface area contributed by atoms with Crippen molar-refractivity contribution in [3.05, 3.63) is 78.4 Å². The third-order valence-corrected chi connectivity index (χ3v) is 2.78. The van der Waals surface area contributed by atoms with E-state index in [1.807, 2.05) is 36.4 Å². The van der Waals surface area contributed by atoms with E-state index in [-0.39, 0.29) is 0 Å². The molecular formula is C17H15NO2. The van der Waals surface area contributed by atoms with E-state index in [4.69, 9.17) is 5.21 Å². The number of hydroxylamine groups is 1. The zero-order valence-corrected chi connectivity index (χ0v) is 10.9. The predicted molar refractivity (Wildman–Crippen MR) is 80.0 cm³/mol. The van der Waals surface area contributed by atoms with Crippen LogP contribution in [0, 0.1) is 0 Å². The van der Waals surface area contributed by atoms with Crippen LogP contribution in [0.4, 0.5) is 0 Å². The van der Waals surface area contributed by atoms with Crippen molar-refractivity contribution in [3.63, 3.8) is 0 Å². The highest BCUT2D eigenvalue weighted by atomic mass is 16.5. The quantitative estimate of drug-likeness (QED) is 0.385. The van der Waals surface area contributed by atoms with Crippen molar-refractivity contribution in [3.8, 4) is 11.1 Å². The standard InChI is InChI=1S/C17H15NO2/c19-17(18-20)9-5-4-6-14-10-12-16(13-11-14)15-7-2-1-3-8-15/h1-13,20H,(H,18,19). The van der Waals surface area contributed by atoms with Gasteiger partial charge in [-0.3, -0.25) is 10.0 Å². The van der Waals surface area contributed by atoms with Crippen molar-refractivity contribution in [1.82, 2.24) is 5.48 Å². The molecule has 20 heavy (non-hydrogen) atoms. The Morgan fingerprint density at radius 2 is 1.55 bits per heavy atom. The molecule has 100 valence electrons. The van der Waals surface area contributed by atoms with Gasteiger partial charge < -0.3 is 0 Å². The SMILES string of the molecule is O=C(C=CC=Cc1ccc(-c2ccccc2)cc1)NO. The molecule has 0 saturated heterocycles. The molecule has 2 rings (SSSR count). The van der Waals surface area contributed by atoms with Gasteiger partial charge in [-0.2, -0.15) is 0 Å². The maximum absolute atomic E-state index is 10.7. The molecular weight excluding hydrogens is 250 g/mol. The lowest BCUT2D eigenvalue weighted by atomic mass is 10.0. The van der Waals surface area contributed by atoms with Gasteiger partial charge >= 0.3 is 0 Å². The second-order valence-corrected chi connectivity index (χ2v) is 4.18. The summed E-state index contributed by atoms with van der Waals surface area (Å²) in [6.45, 7) is 0. The smallest absolute Gasteiger partial charge is 0.267 e. The Balaban J connectivity index is 2.04. The molecule has 0 heterocycles. The molecule has 0 saturated carbocycles. The summed E-state index contributed by atoms with van der Waals surface area (Å²) in [7, 11) is 0. The second kappa shape index (κ2) is 7.07. The Bertz CT molecular complexity index is 613. The summed E-state index contributed by atoms with van der Waals surface area (Å²) < 4.78 is 0. The Morgan fingerprint density at radius 3 is 2.20 bits per heavy atom. The monoisotopic (exact) mass is 265 g/mol. The first-order valence-corrected chi connectivity index (χ1v) is 6.24. The van der Waals surface area contributed by atoms with E-state index in [1.54, 1.807) is 12.2 Å². The van der Waals surface area contributed by atoms with Gasteiger partial charge in [0.25, 0.3) is 5.91 Å². The first-order valence-electron chi connectivity index (χ1n) is 6.24. The van der Waals surface area contributed by atoms with Gasteiger partial charge in [0, 0.05) is 6.08 Å². The van der Waals surface area contributed by atoms with E-state index in [0.717, 1.165) is 11.1 Å². The van der Waals surface area contributed by atoms with E-state index in [2.05, 4.69) is 24.3 Å². The molecule has 1 amide bonds. The number of amides is 1. The molecule has 0 spiro atoms. The maximum atomic E-state index is 10.7. The van der Waals surface area contributed by atoms with Crippen molar-refractivity contribution in [1.29, 1.82) is 0 Å². The second-order valence-electron chi connectivity index (χ2n) is 4.18. The molecule has 0 unspecified atom stereocenters. The highest BCUT2D eigenvalue weighted by Gasteiger charge is 1.95. The number of carbonyl (C=O) groups is 1. The molecule has 0 aliphatic rings. The van der Waals surface area contributed by atoms with Gasteiger partial charge in [-0.1, -0.05) is 72.8 Å². The third kappa shape index (κ3) is 3.93. The van der Waals surface area contributed by atoms with Crippen LogP contribution in [0.5, 0.6) is 0 Å². The van der Waals surface area contributed by atoms with Gasteiger partial charge in [0.2, 0.25) is 0 Å². The Hall–Kier alpha value is -2.65. The lowest BCUT2D eigenvalue weighted by Crippen LogP contribution is -2.14. The zero-order chi connectivity index (χ0) is 14.2.